The number of methoxy groups -OCH3 is 2. The van der Waals surface area contributed by atoms with Crippen LogP contribution in [0.4, 0.5) is 0 Å². The second-order valence-corrected chi connectivity index (χ2v) is 5.48. The van der Waals surface area contributed by atoms with E-state index in [1.54, 1.807) is 19.1 Å². The van der Waals surface area contributed by atoms with E-state index in [-0.39, 0.29) is 23.3 Å². The van der Waals surface area contributed by atoms with Crippen LogP contribution in [0.5, 0.6) is 11.5 Å². The van der Waals surface area contributed by atoms with Crippen LogP contribution in [0.3, 0.4) is 0 Å². The molecule has 2 aromatic rings. The van der Waals surface area contributed by atoms with Crippen LogP contribution in [0.1, 0.15) is 18.1 Å². The molecule has 0 fully saturated rings. The molecular weight excluding hydrogens is 330 g/mol. The van der Waals surface area contributed by atoms with Crippen molar-refractivity contribution >= 4 is 22.8 Å². The molecule has 8 nitrogen and oxygen atoms in total. The minimum Gasteiger partial charge on any atom is -0.493 e. The molecule has 1 aromatic heterocycles. The van der Waals surface area contributed by atoms with Crippen LogP contribution < -0.4 is 20.4 Å². The van der Waals surface area contributed by atoms with Gasteiger partial charge in [-0.1, -0.05) is 0 Å². The highest BCUT2D eigenvalue weighted by atomic mass is 16.5. The van der Waals surface area contributed by atoms with Gasteiger partial charge in [-0.2, -0.15) is 0 Å². The highest BCUT2D eigenvalue weighted by Crippen LogP contribution is 2.36. The fraction of sp³-hybridized carbons (Fsp3) is 0.353. The van der Waals surface area contributed by atoms with E-state index in [1.807, 2.05) is 0 Å². The Kier molecular flexibility index (Phi) is 5.31. The molecule has 0 aliphatic carbocycles. The lowest BCUT2D eigenvalue weighted by atomic mass is 10.0. The molecule has 0 aliphatic heterocycles. The Bertz CT molecular complexity index is 885. The van der Waals surface area contributed by atoms with Gasteiger partial charge in [-0.15, -0.1) is 0 Å². The summed E-state index contributed by atoms with van der Waals surface area (Å²) in [5.41, 5.74) is 0.266. The molecule has 1 heterocycles. The van der Waals surface area contributed by atoms with Gasteiger partial charge in [0.25, 0.3) is 0 Å². The Labute approximate surface area is 143 Å². The molecule has 0 bridgehead atoms. The van der Waals surface area contributed by atoms with Gasteiger partial charge in [-0.3, -0.25) is 9.59 Å². The number of carbonyl (C=O) groups is 2. The number of aliphatic carboxylic acids is 1. The third-order valence-corrected chi connectivity index (χ3v) is 3.88. The topological polar surface area (TPSA) is 115 Å². The molecule has 0 spiro atoms. The third kappa shape index (κ3) is 3.57. The predicted molar refractivity (Wildman–Crippen MR) is 89.3 cm³/mol. The largest absolute Gasteiger partial charge is 0.493 e. The number of ether oxygens (including phenoxy) is 2. The summed E-state index contributed by atoms with van der Waals surface area (Å²) in [6, 6.07) is 2.32. The molecule has 2 N–H and O–H groups in total. The van der Waals surface area contributed by atoms with Crippen molar-refractivity contribution in [2.75, 3.05) is 14.2 Å². The molecule has 0 aliphatic rings. The molecule has 134 valence electrons. The van der Waals surface area contributed by atoms with Crippen LogP contribution in [0, 0.1) is 6.92 Å². The van der Waals surface area contributed by atoms with Crippen LogP contribution >= 0.6 is 0 Å². The number of carboxylic acid groups (broad SMARTS) is 1. The van der Waals surface area contributed by atoms with Crippen LogP contribution in [0.2, 0.25) is 0 Å². The molecule has 1 aromatic carbocycles. The fourth-order valence-electron chi connectivity index (χ4n) is 2.48. The highest BCUT2D eigenvalue weighted by Gasteiger charge is 2.21. The summed E-state index contributed by atoms with van der Waals surface area (Å²) in [6.45, 7) is 3.03. The Morgan fingerprint density at radius 1 is 1.28 bits per heavy atom. The Morgan fingerprint density at radius 3 is 2.52 bits per heavy atom. The summed E-state index contributed by atoms with van der Waals surface area (Å²) in [5.74, 6) is -1.04. The monoisotopic (exact) mass is 349 g/mol. The zero-order chi connectivity index (χ0) is 18.7. The quantitative estimate of drug-likeness (QED) is 0.754. The van der Waals surface area contributed by atoms with E-state index in [4.69, 9.17) is 19.0 Å². The number of benzene rings is 1. The third-order valence-electron chi connectivity index (χ3n) is 3.88. The first-order chi connectivity index (χ1) is 11.8. The number of carboxylic acids is 1. The standard InChI is InChI=1S/C17H19NO7/c1-8-10-5-6-12(23-3)15(24-4)14(10)25-17(22)11(8)7-13(19)18-9(2)16(20)21/h5-6,9H,7H2,1-4H3,(H,18,19)(H,20,21)/t9-/m0/s1. The SMILES string of the molecule is COc1ccc2c(C)c(CC(=O)N[C@@H](C)C(=O)O)c(=O)oc2c1OC. The van der Waals surface area contributed by atoms with Gasteiger partial charge in [-0.05, 0) is 31.5 Å². The Balaban J connectivity index is 2.48. The molecule has 25 heavy (non-hydrogen) atoms. The van der Waals surface area contributed by atoms with Gasteiger partial charge in [0.05, 0.1) is 26.2 Å². The first kappa shape index (κ1) is 18.3. The van der Waals surface area contributed by atoms with Gasteiger partial charge in [-0.25, -0.2) is 4.79 Å². The summed E-state index contributed by atoms with van der Waals surface area (Å²) < 4.78 is 15.8. The molecule has 1 atom stereocenters. The smallest absolute Gasteiger partial charge is 0.340 e. The van der Waals surface area contributed by atoms with Crippen molar-refractivity contribution in [2.24, 2.45) is 0 Å². The van der Waals surface area contributed by atoms with E-state index in [9.17, 15) is 14.4 Å². The van der Waals surface area contributed by atoms with E-state index >= 15 is 0 Å². The lowest BCUT2D eigenvalue weighted by Crippen LogP contribution is -2.39. The molecule has 0 radical (unpaired) electrons. The van der Waals surface area contributed by atoms with Crippen LogP contribution in [-0.4, -0.2) is 37.2 Å². The molecule has 0 saturated heterocycles. The molecule has 1 amide bonds. The maximum Gasteiger partial charge on any atom is 0.340 e. The zero-order valence-corrected chi connectivity index (χ0v) is 14.3. The van der Waals surface area contributed by atoms with E-state index in [0.29, 0.717) is 16.7 Å². The van der Waals surface area contributed by atoms with Gasteiger partial charge in [0.2, 0.25) is 11.7 Å². The summed E-state index contributed by atoms with van der Waals surface area (Å²) in [4.78, 5) is 35.1. The predicted octanol–water partition coefficient (Wildman–Crippen LogP) is 1.25. The van der Waals surface area contributed by atoms with E-state index in [2.05, 4.69) is 5.32 Å². The normalized spacial score (nSPS) is 11.8. The fourth-order valence-corrected chi connectivity index (χ4v) is 2.48. The molecule has 0 unspecified atom stereocenters. The minimum absolute atomic E-state index is 0.162. The number of hydrogen-bond acceptors (Lipinski definition) is 6. The van der Waals surface area contributed by atoms with Crippen molar-refractivity contribution in [2.45, 2.75) is 26.3 Å². The lowest BCUT2D eigenvalue weighted by Gasteiger charge is -2.13. The number of fused-ring (bicyclic) bond motifs is 1. The number of nitrogens with one attached hydrogen (secondary N) is 1. The maximum absolute atomic E-state index is 12.3. The summed E-state index contributed by atoms with van der Waals surface area (Å²) >= 11 is 0. The van der Waals surface area contributed by atoms with Crippen LogP contribution in [0.25, 0.3) is 11.0 Å². The first-order valence-electron chi connectivity index (χ1n) is 7.49. The second-order valence-electron chi connectivity index (χ2n) is 5.48. The first-order valence-corrected chi connectivity index (χ1v) is 7.49. The second kappa shape index (κ2) is 7.25. The number of rotatable bonds is 6. The van der Waals surface area contributed by atoms with Crippen LogP contribution in [0.15, 0.2) is 21.3 Å². The Morgan fingerprint density at radius 2 is 1.96 bits per heavy atom. The van der Waals surface area contributed by atoms with Crippen molar-refractivity contribution in [3.63, 3.8) is 0 Å². The minimum atomic E-state index is -1.16. The van der Waals surface area contributed by atoms with Crippen molar-refractivity contribution in [1.82, 2.24) is 5.32 Å². The summed E-state index contributed by atoms with van der Waals surface area (Å²) in [5, 5.41) is 11.7. The summed E-state index contributed by atoms with van der Waals surface area (Å²) in [6.07, 6.45) is -0.282. The van der Waals surface area contributed by atoms with E-state index in [1.165, 1.54) is 21.1 Å². The number of hydrogen-bond donors (Lipinski definition) is 2. The van der Waals surface area contributed by atoms with Crippen molar-refractivity contribution < 1.29 is 28.6 Å². The number of amides is 1. The lowest BCUT2D eigenvalue weighted by molar-refractivity contribution is -0.141. The maximum atomic E-state index is 12.3. The van der Waals surface area contributed by atoms with Gasteiger partial charge in [0.15, 0.2) is 11.3 Å². The summed E-state index contributed by atoms with van der Waals surface area (Å²) in [7, 11) is 2.90. The number of aryl methyl sites for hydroxylation is 1. The Hall–Kier alpha value is -3.03. The van der Waals surface area contributed by atoms with E-state index in [0.717, 1.165) is 0 Å². The molecule has 2 rings (SSSR count). The van der Waals surface area contributed by atoms with Gasteiger partial charge < -0.3 is 24.3 Å². The van der Waals surface area contributed by atoms with Gasteiger partial charge >= 0.3 is 11.6 Å². The molecular formula is C17H19NO7. The van der Waals surface area contributed by atoms with Crippen molar-refractivity contribution in [3.05, 3.63) is 33.7 Å². The number of carbonyl (C=O) groups excluding carboxylic acids is 1. The van der Waals surface area contributed by atoms with Crippen LogP contribution in [-0.2, 0) is 16.0 Å². The van der Waals surface area contributed by atoms with Crippen molar-refractivity contribution in [1.29, 1.82) is 0 Å². The van der Waals surface area contributed by atoms with E-state index < -0.39 is 23.5 Å². The van der Waals surface area contributed by atoms with Gasteiger partial charge in [0, 0.05) is 5.39 Å². The van der Waals surface area contributed by atoms with Gasteiger partial charge in [0.1, 0.15) is 6.04 Å². The molecule has 0 saturated carbocycles. The highest BCUT2D eigenvalue weighted by molar-refractivity contribution is 5.90. The average molecular weight is 349 g/mol. The van der Waals surface area contributed by atoms with Crippen molar-refractivity contribution in [3.8, 4) is 11.5 Å². The molecule has 8 heteroatoms. The average Bonchev–Trinajstić information content (AvgIpc) is 2.57. The zero-order valence-electron chi connectivity index (χ0n) is 14.3.